The van der Waals surface area contributed by atoms with Crippen LogP contribution in [0.5, 0.6) is 0 Å². The van der Waals surface area contributed by atoms with Crippen molar-refractivity contribution in [2.24, 2.45) is 0 Å². The molecule has 0 atom stereocenters. The van der Waals surface area contributed by atoms with Gasteiger partial charge < -0.3 is 9.73 Å². The molecule has 1 aromatic carbocycles. The Balaban J connectivity index is 1.58. The highest BCUT2D eigenvalue weighted by atomic mass is 32.1. The molecule has 0 aliphatic heterocycles. The van der Waals surface area contributed by atoms with E-state index in [1.165, 1.54) is 5.01 Å². The number of nitrogens with one attached hydrogen (secondary N) is 1. The van der Waals surface area contributed by atoms with Crippen molar-refractivity contribution in [2.45, 2.75) is 47.0 Å². The minimum absolute atomic E-state index is 0.127. The topological polar surface area (TPSA) is 55.1 Å². The second-order valence-corrected chi connectivity index (χ2v) is 7.50. The molecular weight excluding hydrogens is 332 g/mol. The van der Waals surface area contributed by atoms with E-state index in [9.17, 15) is 4.79 Å². The monoisotopic (exact) mass is 356 g/mol. The van der Waals surface area contributed by atoms with E-state index < -0.39 is 0 Å². The molecule has 0 saturated carbocycles. The first kappa shape index (κ1) is 17.7. The summed E-state index contributed by atoms with van der Waals surface area (Å²) in [5.41, 5.74) is 5.02. The number of unbranched alkanes of at least 4 members (excludes halogenated alkanes) is 1. The quantitative estimate of drug-likeness (QED) is 0.641. The number of hydrogen-bond acceptors (Lipinski definition) is 4. The van der Waals surface area contributed by atoms with Crippen LogP contribution in [-0.2, 0) is 6.42 Å². The van der Waals surface area contributed by atoms with E-state index in [-0.39, 0.29) is 5.91 Å². The largest absolute Gasteiger partial charge is 0.450 e. The summed E-state index contributed by atoms with van der Waals surface area (Å²) in [7, 11) is 0. The Morgan fingerprint density at radius 1 is 1.16 bits per heavy atom. The number of fused-ring (bicyclic) bond motifs is 1. The van der Waals surface area contributed by atoms with E-state index in [0.717, 1.165) is 52.6 Å². The Morgan fingerprint density at radius 2 is 1.92 bits per heavy atom. The van der Waals surface area contributed by atoms with Gasteiger partial charge in [-0.1, -0.05) is 12.1 Å². The Labute approximate surface area is 152 Å². The van der Waals surface area contributed by atoms with Crippen LogP contribution in [0.25, 0.3) is 11.0 Å². The molecule has 0 aliphatic carbocycles. The van der Waals surface area contributed by atoms with Crippen molar-refractivity contribution >= 4 is 28.2 Å². The Kier molecular flexibility index (Phi) is 5.23. The summed E-state index contributed by atoms with van der Waals surface area (Å²) >= 11 is 1.70. The second kappa shape index (κ2) is 7.40. The first-order valence-corrected chi connectivity index (χ1v) is 9.54. The average molecular weight is 356 g/mol. The molecule has 4 nitrogen and oxygen atoms in total. The molecule has 5 heteroatoms. The van der Waals surface area contributed by atoms with Gasteiger partial charge in [-0.2, -0.15) is 0 Å². The van der Waals surface area contributed by atoms with Gasteiger partial charge in [-0.15, -0.1) is 11.3 Å². The van der Waals surface area contributed by atoms with Gasteiger partial charge in [-0.25, -0.2) is 4.98 Å². The molecule has 0 unspecified atom stereocenters. The number of rotatable bonds is 6. The zero-order valence-electron chi connectivity index (χ0n) is 15.2. The number of carbonyl (C=O) groups excluding carboxylic acids is 1. The molecule has 0 aliphatic rings. The standard InChI is InChI=1S/C20H24N2O2S/c1-12-8-9-13(2)18-17(12)15(4)19(24-18)20(23)21-10-6-5-7-16-22-14(3)11-25-16/h8-9,11H,5-7,10H2,1-4H3,(H,21,23). The molecule has 0 bridgehead atoms. The normalized spacial score (nSPS) is 11.2. The summed E-state index contributed by atoms with van der Waals surface area (Å²) < 4.78 is 5.88. The predicted molar refractivity (Wildman–Crippen MR) is 103 cm³/mol. The molecule has 1 amide bonds. The summed E-state index contributed by atoms with van der Waals surface area (Å²) in [4.78, 5) is 16.9. The van der Waals surface area contributed by atoms with Crippen molar-refractivity contribution in [1.29, 1.82) is 0 Å². The SMILES string of the molecule is Cc1csc(CCCCNC(=O)c2oc3c(C)ccc(C)c3c2C)n1. The highest BCUT2D eigenvalue weighted by Gasteiger charge is 2.19. The van der Waals surface area contributed by atoms with Crippen LogP contribution in [0.1, 0.15) is 50.8 Å². The first-order valence-electron chi connectivity index (χ1n) is 8.66. The van der Waals surface area contributed by atoms with Crippen LogP contribution in [0.15, 0.2) is 21.9 Å². The van der Waals surface area contributed by atoms with Gasteiger partial charge in [0.1, 0.15) is 5.58 Å². The Bertz CT molecular complexity index is 908. The molecule has 1 N–H and O–H groups in total. The lowest BCUT2D eigenvalue weighted by molar-refractivity contribution is 0.0926. The lowest BCUT2D eigenvalue weighted by Crippen LogP contribution is -2.24. The van der Waals surface area contributed by atoms with E-state index in [4.69, 9.17) is 4.42 Å². The molecule has 2 aromatic heterocycles. The van der Waals surface area contributed by atoms with E-state index in [1.54, 1.807) is 11.3 Å². The number of amides is 1. The molecule has 3 aromatic rings. The summed E-state index contributed by atoms with van der Waals surface area (Å²) in [6.45, 7) is 8.67. The minimum Gasteiger partial charge on any atom is -0.450 e. The van der Waals surface area contributed by atoms with Crippen molar-refractivity contribution in [3.05, 3.63) is 50.7 Å². The third-order valence-electron chi connectivity index (χ3n) is 4.46. The third-order valence-corrected chi connectivity index (χ3v) is 5.48. The van der Waals surface area contributed by atoms with Gasteiger partial charge in [0, 0.05) is 28.6 Å². The highest BCUT2D eigenvalue weighted by molar-refractivity contribution is 7.09. The molecule has 0 fully saturated rings. The molecular formula is C20H24N2O2S. The smallest absolute Gasteiger partial charge is 0.287 e. The lowest BCUT2D eigenvalue weighted by atomic mass is 10.0. The van der Waals surface area contributed by atoms with E-state index in [1.807, 2.05) is 33.8 Å². The maximum absolute atomic E-state index is 12.5. The van der Waals surface area contributed by atoms with Gasteiger partial charge in [-0.3, -0.25) is 4.79 Å². The number of carbonyl (C=O) groups is 1. The summed E-state index contributed by atoms with van der Waals surface area (Å²) in [5, 5.41) is 7.29. The van der Waals surface area contributed by atoms with Crippen LogP contribution in [0, 0.1) is 27.7 Å². The maximum atomic E-state index is 12.5. The number of aromatic nitrogens is 1. The van der Waals surface area contributed by atoms with Crippen molar-refractivity contribution in [2.75, 3.05) is 6.54 Å². The van der Waals surface area contributed by atoms with Gasteiger partial charge in [-0.05, 0) is 58.1 Å². The van der Waals surface area contributed by atoms with Crippen LogP contribution >= 0.6 is 11.3 Å². The fourth-order valence-corrected chi connectivity index (χ4v) is 3.91. The van der Waals surface area contributed by atoms with Crippen LogP contribution < -0.4 is 5.32 Å². The highest BCUT2D eigenvalue weighted by Crippen LogP contribution is 2.30. The molecule has 0 spiro atoms. The molecule has 0 radical (unpaired) electrons. The number of benzene rings is 1. The van der Waals surface area contributed by atoms with E-state index in [0.29, 0.717) is 12.3 Å². The third kappa shape index (κ3) is 3.76. The van der Waals surface area contributed by atoms with Gasteiger partial charge in [0.25, 0.3) is 5.91 Å². The first-order chi connectivity index (χ1) is 12.0. The molecule has 25 heavy (non-hydrogen) atoms. The minimum atomic E-state index is -0.127. The number of aryl methyl sites for hydroxylation is 5. The van der Waals surface area contributed by atoms with Gasteiger partial charge >= 0.3 is 0 Å². The van der Waals surface area contributed by atoms with Gasteiger partial charge in [0.15, 0.2) is 5.76 Å². The zero-order valence-corrected chi connectivity index (χ0v) is 16.0. The number of hydrogen-bond donors (Lipinski definition) is 1. The Morgan fingerprint density at radius 3 is 2.60 bits per heavy atom. The van der Waals surface area contributed by atoms with E-state index >= 15 is 0 Å². The number of furan rings is 1. The molecule has 0 saturated heterocycles. The fraction of sp³-hybridized carbons (Fsp3) is 0.400. The summed E-state index contributed by atoms with van der Waals surface area (Å²) in [6.07, 6.45) is 2.92. The fourth-order valence-electron chi connectivity index (χ4n) is 3.09. The van der Waals surface area contributed by atoms with Crippen molar-refractivity contribution in [3.63, 3.8) is 0 Å². The number of thiazole rings is 1. The zero-order chi connectivity index (χ0) is 18.0. The van der Waals surface area contributed by atoms with Crippen molar-refractivity contribution < 1.29 is 9.21 Å². The second-order valence-electron chi connectivity index (χ2n) is 6.56. The van der Waals surface area contributed by atoms with Crippen LogP contribution in [0.3, 0.4) is 0 Å². The van der Waals surface area contributed by atoms with Gasteiger partial charge in [0.2, 0.25) is 0 Å². The van der Waals surface area contributed by atoms with Crippen molar-refractivity contribution in [1.82, 2.24) is 10.3 Å². The molecule has 132 valence electrons. The van der Waals surface area contributed by atoms with Gasteiger partial charge in [0.05, 0.1) is 5.01 Å². The van der Waals surface area contributed by atoms with E-state index in [2.05, 4.69) is 21.7 Å². The van der Waals surface area contributed by atoms with Crippen LogP contribution in [-0.4, -0.2) is 17.4 Å². The average Bonchev–Trinajstić information content (AvgIpc) is 3.15. The van der Waals surface area contributed by atoms with Crippen LogP contribution in [0.4, 0.5) is 0 Å². The molecule has 3 rings (SSSR count). The summed E-state index contributed by atoms with van der Waals surface area (Å²) in [6, 6.07) is 4.10. The Hall–Kier alpha value is -2.14. The lowest BCUT2D eigenvalue weighted by Gasteiger charge is -2.03. The maximum Gasteiger partial charge on any atom is 0.287 e. The van der Waals surface area contributed by atoms with Crippen LogP contribution in [0.2, 0.25) is 0 Å². The predicted octanol–water partition coefficient (Wildman–Crippen LogP) is 4.88. The summed E-state index contributed by atoms with van der Waals surface area (Å²) in [5.74, 6) is 0.306. The number of nitrogens with zero attached hydrogens (tertiary/aromatic N) is 1. The van der Waals surface area contributed by atoms with Crippen molar-refractivity contribution in [3.8, 4) is 0 Å². The molecule has 2 heterocycles.